The Labute approximate surface area is 140 Å². The molecular weight excluding hydrogens is 340 g/mol. The Morgan fingerprint density at radius 2 is 1.82 bits per heavy atom. The summed E-state index contributed by atoms with van der Waals surface area (Å²) in [6.07, 6.45) is 0.424. The van der Waals surface area contributed by atoms with E-state index in [-0.39, 0.29) is 5.91 Å². The van der Waals surface area contributed by atoms with Crippen LogP contribution in [0.3, 0.4) is 0 Å². The molecular formula is C18H21BrN2O. The number of benzene rings is 2. The fraction of sp³-hybridized carbons (Fsp3) is 0.278. The smallest absolute Gasteiger partial charge is 0.226 e. The second kappa shape index (κ2) is 7.45. The predicted octanol–water partition coefficient (Wildman–Crippen LogP) is 4.82. The van der Waals surface area contributed by atoms with Crippen molar-refractivity contribution in [2.24, 2.45) is 0 Å². The summed E-state index contributed by atoms with van der Waals surface area (Å²) in [4.78, 5) is 12.0. The van der Waals surface area contributed by atoms with Gasteiger partial charge in [-0.2, -0.15) is 0 Å². The van der Waals surface area contributed by atoms with Crippen molar-refractivity contribution in [1.29, 1.82) is 0 Å². The average Bonchev–Trinajstić information content (AvgIpc) is 2.45. The van der Waals surface area contributed by atoms with E-state index in [9.17, 15) is 4.79 Å². The molecule has 2 aromatic rings. The summed E-state index contributed by atoms with van der Waals surface area (Å²) in [6, 6.07) is 12.1. The highest BCUT2D eigenvalue weighted by Gasteiger charge is 2.04. The lowest BCUT2D eigenvalue weighted by atomic mass is 10.1. The van der Waals surface area contributed by atoms with E-state index in [1.54, 1.807) is 0 Å². The molecule has 2 rings (SSSR count). The van der Waals surface area contributed by atoms with Gasteiger partial charge in [-0.1, -0.05) is 12.1 Å². The lowest BCUT2D eigenvalue weighted by Crippen LogP contribution is -2.16. The number of aryl methyl sites for hydroxylation is 3. The van der Waals surface area contributed by atoms with Crippen LogP contribution in [-0.4, -0.2) is 12.5 Å². The van der Waals surface area contributed by atoms with E-state index in [1.165, 1.54) is 16.7 Å². The van der Waals surface area contributed by atoms with Gasteiger partial charge in [0.05, 0.1) is 0 Å². The van der Waals surface area contributed by atoms with Crippen LogP contribution in [0.4, 0.5) is 11.4 Å². The van der Waals surface area contributed by atoms with Crippen LogP contribution in [0, 0.1) is 20.8 Å². The third-order valence-electron chi connectivity index (χ3n) is 3.58. The van der Waals surface area contributed by atoms with E-state index in [0.29, 0.717) is 13.0 Å². The van der Waals surface area contributed by atoms with Gasteiger partial charge in [0.25, 0.3) is 0 Å². The summed E-state index contributed by atoms with van der Waals surface area (Å²) in [5.74, 6) is 0.0130. The number of hydrogen-bond donors (Lipinski definition) is 2. The Kier molecular flexibility index (Phi) is 5.61. The first-order chi connectivity index (χ1) is 10.5. The molecule has 0 bridgehead atoms. The first kappa shape index (κ1) is 16.6. The van der Waals surface area contributed by atoms with Crippen molar-refractivity contribution in [2.75, 3.05) is 17.2 Å². The largest absolute Gasteiger partial charge is 0.384 e. The number of halogens is 1. The van der Waals surface area contributed by atoms with E-state index < -0.39 is 0 Å². The van der Waals surface area contributed by atoms with Gasteiger partial charge in [0, 0.05) is 28.8 Å². The van der Waals surface area contributed by atoms with Gasteiger partial charge in [-0.15, -0.1) is 0 Å². The lowest BCUT2D eigenvalue weighted by molar-refractivity contribution is -0.115. The molecule has 116 valence electrons. The molecule has 0 heterocycles. The molecule has 0 fully saturated rings. The molecule has 0 saturated heterocycles. The summed E-state index contributed by atoms with van der Waals surface area (Å²) >= 11 is 3.52. The quantitative estimate of drug-likeness (QED) is 0.802. The summed E-state index contributed by atoms with van der Waals surface area (Å²) in [7, 11) is 0. The van der Waals surface area contributed by atoms with Crippen LogP contribution >= 0.6 is 15.9 Å². The van der Waals surface area contributed by atoms with Crippen LogP contribution in [0.2, 0.25) is 0 Å². The number of hydrogen-bond acceptors (Lipinski definition) is 2. The molecule has 22 heavy (non-hydrogen) atoms. The Balaban J connectivity index is 1.83. The number of carbonyl (C=O) groups is 1. The maximum absolute atomic E-state index is 12.0. The number of nitrogens with one attached hydrogen (secondary N) is 2. The van der Waals surface area contributed by atoms with Gasteiger partial charge < -0.3 is 10.6 Å². The Hall–Kier alpha value is -1.81. The van der Waals surface area contributed by atoms with Crippen LogP contribution in [0.1, 0.15) is 23.1 Å². The van der Waals surface area contributed by atoms with E-state index >= 15 is 0 Å². The summed E-state index contributed by atoms with van der Waals surface area (Å²) in [6.45, 7) is 6.75. The monoisotopic (exact) mass is 360 g/mol. The van der Waals surface area contributed by atoms with Crippen molar-refractivity contribution >= 4 is 33.2 Å². The maximum Gasteiger partial charge on any atom is 0.226 e. The van der Waals surface area contributed by atoms with E-state index in [1.807, 2.05) is 44.2 Å². The van der Waals surface area contributed by atoms with Crippen LogP contribution in [0.25, 0.3) is 0 Å². The molecule has 2 aromatic carbocycles. The zero-order chi connectivity index (χ0) is 16.1. The molecule has 1 amide bonds. The van der Waals surface area contributed by atoms with E-state index in [0.717, 1.165) is 15.8 Å². The molecule has 0 spiro atoms. The first-order valence-electron chi connectivity index (χ1n) is 7.33. The highest BCUT2D eigenvalue weighted by atomic mass is 79.9. The molecule has 0 atom stereocenters. The highest BCUT2D eigenvalue weighted by molar-refractivity contribution is 9.10. The molecule has 0 aliphatic carbocycles. The average molecular weight is 361 g/mol. The van der Waals surface area contributed by atoms with Crippen molar-refractivity contribution in [2.45, 2.75) is 27.2 Å². The molecule has 0 radical (unpaired) electrons. The summed E-state index contributed by atoms with van der Waals surface area (Å²) in [5, 5.41) is 6.20. The SMILES string of the molecule is Cc1ccc(NCCC(=O)Nc2ccc(C)c(C)c2)c(Br)c1. The van der Waals surface area contributed by atoms with Crippen LogP contribution in [-0.2, 0) is 4.79 Å². The molecule has 0 unspecified atom stereocenters. The fourth-order valence-electron chi connectivity index (χ4n) is 2.12. The molecule has 2 N–H and O–H groups in total. The Bertz CT molecular complexity index is 683. The molecule has 0 saturated carbocycles. The zero-order valence-corrected chi connectivity index (χ0v) is 14.8. The van der Waals surface area contributed by atoms with Crippen molar-refractivity contribution in [3.8, 4) is 0 Å². The Morgan fingerprint density at radius 1 is 1.05 bits per heavy atom. The molecule has 0 aliphatic rings. The second-order valence-corrected chi connectivity index (χ2v) is 6.36. The van der Waals surface area contributed by atoms with Gasteiger partial charge in [-0.3, -0.25) is 4.79 Å². The van der Waals surface area contributed by atoms with Crippen molar-refractivity contribution in [1.82, 2.24) is 0 Å². The topological polar surface area (TPSA) is 41.1 Å². The predicted molar refractivity (Wildman–Crippen MR) is 96.5 cm³/mol. The van der Waals surface area contributed by atoms with Gasteiger partial charge in [0.15, 0.2) is 0 Å². The zero-order valence-electron chi connectivity index (χ0n) is 13.2. The van der Waals surface area contributed by atoms with Gasteiger partial charge in [0.2, 0.25) is 5.91 Å². The van der Waals surface area contributed by atoms with Crippen molar-refractivity contribution in [3.05, 3.63) is 57.6 Å². The Morgan fingerprint density at radius 3 is 2.50 bits per heavy atom. The third-order valence-corrected chi connectivity index (χ3v) is 4.24. The van der Waals surface area contributed by atoms with Crippen LogP contribution < -0.4 is 10.6 Å². The normalized spacial score (nSPS) is 10.4. The number of rotatable bonds is 5. The second-order valence-electron chi connectivity index (χ2n) is 5.51. The molecule has 0 aliphatic heterocycles. The summed E-state index contributed by atoms with van der Waals surface area (Å²) in [5.41, 5.74) is 5.46. The van der Waals surface area contributed by atoms with Crippen LogP contribution in [0.15, 0.2) is 40.9 Å². The van der Waals surface area contributed by atoms with Gasteiger partial charge in [0.1, 0.15) is 0 Å². The van der Waals surface area contributed by atoms with Crippen molar-refractivity contribution in [3.63, 3.8) is 0 Å². The van der Waals surface area contributed by atoms with E-state index in [2.05, 4.69) is 39.6 Å². The highest BCUT2D eigenvalue weighted by Crippen LogP contribution is 2.23. The third kappa shape index (κ3) is 4.60. The number of anilines is 2. The summed E-state index contributed by atoms with van der Waals surface area (Å²) < 4.78 is 1.02. The standard InChI is InChI=1S/C18H21BrN2O/c1-12-4-7-17(16(19)10-12)20-9-8-18(22)21-15-6-5-13(2)14(3)11-15/h4-7,10-11,20H,8-9H2,1-3H3,(H,21,22). The van der Waals surface area contributed by atoms with Crippen molar-refractivity contribution < 1.29 is 4.79 Å². The minimum Gasteiger partial charge on any atom is -0.384 e. The molecule has 4 heteroatoms. The van der Waals surface area contributed by atoms with Gasteiger partial charge in [-0.05, 0) is 77.7 Å². The number of carbonyl (C=O) groups excluding carboxylic acids is 1. The fourth-order valence-corrected chi connectivity index (χ4v) is 2.75. The minimum atomic E-state index is 0.0130. The van der Waals surface area contributed by atoms with E-state index in [4.69, 9.17) is 0 Å². The van der Waals surface area contributed by atoms with Gasteiger partial charge >= 0.3 is 0 Å². The molecule has 3 nitrogen and oxygen atoms in total. The lowest BCUT2D eigenvalue weighted by Gasteiger charge is -2.10. The molecule has 0 aromatic heterocycles. The number of amides is 1. The van der Waals surface area contributed by atoms with Crippen LogP contribution in [0.5, 0.6) is 0 Å². The minimum absolute atomic E-state index is 0.0130. The van der Waals surface area contributed by atoms with Gasteiger partial charge in [-0.25, -0.2) is 0 Å². The maximum atomic E-state index is 12.0. The first-order valence-corrected chi connectivity index (χ1v) is 8.12.